The van der Waals surface area contributed by atoms with Crippen LogP contribution in [0.2, 0.25) is 0 Å². The molecule has 5 nitrogen and oxygen atoms in total. The van der Waals surface area contributed by atoms with Crippen molar-refractivity contribution in [2.75, 3.05) is 34.4 Å². The summed E-state index contributed by atoms with van der Waals surface area (Å²) in [6, 6.07) is 13.9. The first-order chi connectivity index (χ1) is 12.5. The molecule has 0 saturated heterocycles. The van der Waals surface area contributed by atoms with Crippen molar-refractivity contribution in [1.29, 1.82) is 0 Å². The predicted octanol–water partition coefficient (Wildman–Crippen LogP) is 2.80. The molecule has 0 unspecified atom stereocenters. The molecule has 1 amide bonds. The van der Waals surface area contributed by atoms with Gasteiger partial charge in [0.1, 0.15) is 11.5 Å². The minimum atomic E-state index is 0.00835. The van der Waals surface area contributed by atoms with E-state index in [9.17, 15) is 4.79 Å². The van der Waals surface area contributed by atoms with Crippen LogP contribution in [-0.2, 0) is 17.8 Å². The largest absolute Gasteiger partial charge is 0.496 e. The number of amides is 1. The maximum atomic E-state index is 12.2. The van der Waals surface area contributed by atoms with Crippen molar-refractivity contribution in [3.05, 3.63) is 59.2 Å². The molecular weight excluding hydrogens is 328 g/mol. The lowest BCUT2D eigenvalue weighted by Crippen LogP contribution is -2.35. The fourth-order valence-corrected chi connectivity index (χ4v) is 2.92. The maximum absolute atomic E-state index is 12.2. The molecule has 140 valence electrons. The number of para-hydroxylation sites is 1. The van der Waals surface area contributed by atoms with E-state index in [1.807, 2.05) is 55.3 Å². The smallest absolute Gasteiger partial charge is 0.234 e. The van der Waals surface area contributed by atoms with Crippen LogP contribution in [0.3, 0.4) is 0 Å². The number of hydrogen-bond donors (Lipinski definition) is 1. The van der Waals surface area contributed by atoms with Gasteiger partial charge in [-0.05, 0) is 38.1 Å². The number of nitrogens with one attached hydrogen (secondary N) is 1. The zero-order valence-corrected chi connectivity index (χ0v) is 16.0. The highest BCUT2D eigenvalue weighted by Gasteiger charge is 2.11. The normalized spacial score (nSPS) is 10.7. The van der Waals surface area contributed by atoms with Gasteiger partial charge in [0, 0.05) is 18.7 Å². The fourth-order valence-electron chi connectivity index (χ4n) is 2.92. The highest BCUT2D eigenvalue weighted by Crippen LogP contribution is 2.21. The highest BCUT2D eigenvalue weighted by molar-refractivity contribution is 5.78. The predicted molar refractivity (Wildman–Crippen MR) is 104 cm³/mol. The van der Waals surface area contributed by atoms with E-state index in [2.05, 4.69) is 11.4 Å². The summed E-state index contributed by atoms with van der Waals surface area (Å²) in [5.74, 6) is 1.71. The Morgan fingerprint density at radius 3 is 2.46 bits per heavy atom. The Bertz CT molecular complexity index is 731. The number of rotatable bonds is 9. The summed E-state index contributed by atoms with van der Waals surface area (Å²) in [4.78, 5) is 14.2. The van der Waals surface area contributed by atoms with Crippen LogP contribution in [0.1, 0.15) is 16.7 Å². The average molecular weight is 356 g/mol. The number of aryl methyl sites for hydroxylation is 1. The lowest BCUT2D eigenvalue weighted by atomic mass is 10.1. The van der Waals surface area contributed by atoms with E-state index in [0.29, 0.717) is 19.6 Å². The standard InChI is InChI=1S/C21H28N2O3/c1-16-9-10-20(26-4)18(13-16)14-23(2)15-21(24)22-12-11-17-7-5-6-8-19(17)25-3/h5-10,13H,11-12,14-15H2,1-4H3,(H,22,24). The van der Waals surface area contributed by atoms with E-state index in [4.69, 9.17) is 9.47 Å². The molecule has 0 saturated carbocycles. The Balaban J connectivity index is 1.81. The lowest BCUT2D eigenvalue weighted by Gasteiger charge is -2.18. The van der Waals surface area contributed by atoms with Gasteiger partial charge in [-0.2, -0.15) is 0 Å². The van der Waals surface area contributed by atoms with Crippen molar-refractivity contribution in [2.45, 2.75) is 19.9 Å². The fraction of sp³-hybridized carbons (Fsp3) is 0.381. The van der Waals surface area contributed by atoms with E-state index >= 15 is 0 Å². The number of carbonyl (C=O) groups excluding carboxylic acids is 1. The van der Waals surface area contributed by atoms with Crippen LogP contribution in [0.25, 0.3) is 0 Å². The first-order valence-corrected chi connectivity index (χ1v) is 8.74. The Morgan fingerprint density at radius 2 is 1.73 bits per heavy atom. The Morgan fingerprint density at radius 1 is 1.04 bits per heavy atom. The molecule has 0 bridgehead atoms. The summed E-state index contributed by atoms with van der Waals surface area (Å²) in [6.07, 6.45) is 0.741. The molecule has 26 heavy (non-hydrogen) atoms. The maximum Gasteiger partial charge on any atom is 0.234 e. The van der Waals surface area contributed by atoms with Gasteiger partial charge in [0.25, 0.3) is 0 Å². The molecule has 2 aromatic carbocycles. The van der Waals surface area contributed by atoms with Gasteiger partial charge in [0.2, 0.25) is 5.91 Å². The van der Waals surface area contributed by atoms with E-state index in [-0.39, 0.29) is 5.91 Å². The molecule has 0 radical (unpaired) electrons. The van der Waals surface area contributed by atoms with Crippen LogP contribution < -0.4 is 14.8 Å². The second-order valence-electron chi connectivity index (χ2n) is 6.40. The zero-order valence-electron chi connectivity index (χ0n) is 16.0. The monoisotopic (exact) mass is 356 g/mol. The molecular formula is C21H28N2O3. The number of benzene rings is 2. The summed E-state index contributed by atoms with van der Waals surface area (Å²) in [5.41, 5.74) is 3.35. The third-order valence-electron chi connectivity index (χ3n) is 4.20. The molecule has 5 heteroatoms. The quantitative estimate of drug-likeness (QED) is 0.751. The average Bonchev–Trinajstić information content (AvgIpc) is 2.62. The van der Waals surface area contributed by atoms with Gasteiger partial charge in [-0.25, -0.2) is 0 Å². The molecule has 2 rings (SSSR count). The third kappa shape index (κ3) is 5.77. The van der Waals surface area contributed by atoms with Gasteiger partial charge in [-0.1, -0.05) is 35.9 Å². The molecule has 0 fully saturated rings. The number of nitrogens with zero attached hydrogens (tertiary/aromatic N) is 1. The molecule has 0 heterocycles. The number of carbonyl (C=O) groups is 1. The van der Waals surface area contributed by atoms with Crippen molar-refractivity contribution in [1.82, 2.24) is 10.2 Å². The van der Waals surface area contributed by atoms with Crippen molar-refractivity contribution in [3.8, 4) is 11.5 Å². The van der Waals surface area contributed by atoms with Gasteiger partial charge < -0.3 is 14.8 Å². The Hall–Kier alpha value is -2.53. The lowest BCUT2D eigenvalue weighted by molar-refractivity contribution is -0.122. The molecule has 2 aromatic rings. The SMILES string of the molecule is COc1ccccc1CCNC(=O)CN(C)Cc1cc(C)ccc1OC. The van der Waals surface area contributed by atoms with Gasteiger partial charge >= 0.3 is 0 Å². The summed E-state index contributed by atoms with van der Waals surface area (Å²) in [5, 5.41) is 2.97. The molecule has 0 spiro atoms. The van der Waals surface area contributed by atoms with Crippen molar-refractivity contribution >= 4 is 5.91 Å². The van der Waals surface area contributed by atoms with Gasteiger partial charge in [0.05, 0.1) is 20.8 Å². The highest BCUT2D eigenvalue weighted by atomic mass is 16.5. The summed E-state index contributed by atoms with van der Waals surface area (Å²) < 4.78 is 10.7. The van der Waals surface area contributed by atoms with Crippen LogP contribution in [-0.4, -0.2) is 45.2 Å². The van der Waals surface area contributed by atoms with E-state index in [0.717, 1.165) is 29.0 Å². The van der Waals surface area contributed by atoms with Crippen LogP contribution in [0.15, 0.2) is 42.5 Å². The molecule has 1 N–H and O–H groups in total. The Labute approximate surface area is 155 Å². The molecule has 0 aliphatic heterocycles. The first-order valence-electron chi connectivity index (χ1n) is 8.74. The van der Waals surface area contributed by atoms with E-state index < -0.39 is 0 Å². The minimum absolute atomic E-state index is 0.00835. The van der Waals surface area contributed by atoms with Crippen molar-refractivity contribution < 1.29 is 14.3 Å². The number of likely N-dealkylation sites (N-methyl/N-ethyl adjacent to an activating group) is 1. The van der Waals surface area contributed by atoms with Crippen LogP contribution in [0.4, 0.5) is 0 Å². The molecule has 0 aromatic heterocycles. The van der Waals surface area contributed by atoms with Gasteiger partial charge in [0.15, 0.2) is 0 Å². The minimum Gasteiger partial charge on any atom is -0.496 e. The second kappa shape index (κ2) is 9.82. The van der Waals surface area contributed by atoms with Gasteiger partial charge in [-0.3, -0.25) is 9.69 Å². The molecule has 0 aliphatic carbocycles. The summed E-state index contributed by atoms with van der Waals surface area (Å²) in [6.45, 7) is 3.63. The van der Waals surface area contributed by atoms with E-state index in [1.54, 1.807) is 14.2 Å². The summed E-state index contributed by atoms with van der Waals surface area (Å²) >= 11 is 0. The van der Waals surface area contributed by atoms with E-state index in [1.165, 1.54) is 5.56 Å². The number of hydrogen-bond acceptors (Lipinski definition) is 4. The first kappa shape index (κ1) is 19.8. The van der Waals surface area contributed by atoms with Crippen LogP contribution >= 0.6 is 0 Å². The zero-order chi connectivity index (χ0) is 18.9. The second-order valence-corrected chi connectivity index (χ2v) is 6.40. The van der Waals surface area contributed by atoms with Gasteiger partial charge in [-0.15, -0.1) is 0 Å². The number of ether oxygens (including phenoxy) is 2. The van der Waals surface area contributed by atoms with Crippen molar-refractivity contribution in [3.63, 3.8) is 0 Å². The molecule has 0 aliphatic rings. The molecule has 0 atom stereocenters. The van der Waals surface area contributed by atoms with Crippen LogP contribution in [0.5, 0.6) is 11.5 Å². The topological polar surface area (TPSA) is 50.8 Å². The Kier molecular flexibility index (Phi) is 7.48. The summed E-state index contributed by atoms with van der Waals surface area (Å²) in [7, 11) is 5.26. The third-order valence-corrected chi connectivity index (χ3v) is 4.20. The number of methoxy groups -OCH3 is 2. The van der Waals surface area contributed by atoms with Crippen LogP contribution in [0, 0.1) is 6.92 Å². The van der Waals surface area contributed by atoms with Crippen molar-refractivity contribution in [2.24, 2.45) is 0 Å².